The van der Waals surface area contributed by atoms with Crippen molar-refractivity contribution >= 4 is 11.7 Å². The molecule has 2 N–H and O–H groups in total. The molecule has 0 saturated heterocycles. The van der Waals surface area contributed by atoms with E-state index in [0.29, 0.717) is 24.5 Å². The first kappa shape index (κ1) is 12.2. The molecule has 100 valence electrons. The average molecular weight is 258 g/mol. The van der Waals surface area contributed by atoms with Gasteiger partial charge in [0.2, 0.25) is 5.89 Å². The van der Waals surface area contributed by atoms with Crippen LogP contribution in [0.4, 0.5) is 11.7 Å². The zero-order valence-corrected chi connectivity index (χ0v) is 11.2. The predicted octanol–water partition coefficient (Wildman–Crippen LogP) is 2.68. The monoisotopic (exact) mass is 258 g/mol. The molecule has 0 spiro atoms. The van der Waals surface area contributed by atoms with Crippen LogP contribution in [-0.2, 0) is 6.54 Å². The Morgan fingerprint density at radius 1 is 1.21 bits per heavy atom. The number of nitrogens with zero attached hydrogens (tertiary/aromatic N) is 2. The molecule has 2 aromatic rings. The lowest BCUT2D eigenvalue weighted by Crippen LogP contribution is -2.15. The summed E-state index contributed by atoms with van der Waals surface area (Å²) in [6.45, 7) is 4.82. The summed E-state index contributed by atoms with van der Waals surface area (Å²) in [6.07, 6.45) is 2.50. The molecule has 0 unspecified atom stereocenters. The van der Waals surface area contributed by atoms with Crippen LogP contribution in [-0.4, -0.2) is 16.2 Å². The fourth-order valence-electron chi connectivity index (χ4n) is 1.84. The van der Waals surface area contributed by atoms with Gasteiger partial charge in [0.05, 0.1) is 6.54 Å². The molecule has 1 aliphatic rings. The fraction of sp³-hybridized carbons (Fsp3) is 0.429. The third-order valence-corrected chi connectivity index (χ3v) is 3.34. The number of nitrogens with one attached hydrogen (secondary N) is 2. The van der Waals surface area contributed by atoms with Crippen LogP contribution >= 0.6 is 0 Å². The summed E-state index contributed by atoms with van der Waals surface area (Å²) in [7, 11) is 0. The number of aromatic nitrogens is 2. The van der Waals surface area contributed by atoms with Crippen LogP contribution in [0.2, 0.25) is 0 Å². The van der Waals surface area contributed by atoms with Gasteiger partial charge in [-0.05, 0) is 49.9 Å². The lowest BCUT2D eigenvalue weighted by atomic mass is 10.1. The SMILES string of the molecule is Cc1ccc(Nc2nnc(CNC3CC3)o2)cc1C. The van der Waals surface area contributed by atoms with Gasteiger partial charge in [0.1, 0.15) is 0 Å². The molecule has 0 atom stereocenters. The number of hydrogen-bond acceptors (Lipinski definition) is 5. The van der Waals surface area contributed by atoms with Crippen molar-refractivity contribution in [2.75, 3.05) is 5.32 Å². The first-order chi connectivity index (χ1) is 9.20. The molecule has 1 aliphatic carbocycles. The van der Waals surface area contributed by atoms with E-state index >= 15 is 0 Å². The molecule has 3 rings (SSSR count). The van der Waals surface area contributed by atoms with Crippen molar-refractivity contribution in [3.05, 3.63) is 35.2 Å². The molecular formula is C14H18N4O. The van der Waals surface area contributed by atoms with Crippen molar-refractivity contribution in [3.8, 4) is 0 Å². The quantitative estimate of drug-likeness (QED) is 0.863. The average Bonchev–Trinajstić information content (AvgIpc) is 3.12. The minimum Gasteiger partial charge on any atom is -0.406 e. The van der Waals surface area contributed by atoms with Gasteiger partial charge in [-0.15, -0.1) is 5.10 Å². The van der Waals surface area contributed by atoms with Gasteiger partial charge >= 0.3 is 6.01 Å². The van der Waals surface area contributed by atoms with Crippen LogP contribution in [0, 0.1) is 13.8 Å². The molecule has 1 aromatic heterocycles. The highest BCUT2D eigenvalue weighted by molar-refractivity contribution is 5.54. The minimum absolute atomic E-state index is 0.441. The largest absolute Gasteiger partial charge is 0.406 e. The highest BCUT2D eigenvalue weighted by Crippen LogP contribution is 2.20. The number of aryl methyl sites for hydroxylation is 2. The van der Waals surface area contributed by atoms with E-state index in [4.69, 9.17) is 4.42 Å². The summed E-state index contributed by atoms with van der Waals surface area (Å²) in [5.41, 5.74) is 3.47. The lowest BCUT2D eigenvalue weighted by Gasteiger charge is -2.04. The van der Waals surface area contributed by atoms with Gasteiger partial charge in [-0.2, -0.15) is 0 Å². The predicted molar refractivity (Wildman–Crippen MR) is 73.4 cm³/mol. The molecule has 0 radical (unpaired) electrons. The fourth-order valence-corrected chi connectivity index (χ4v) is 1.84. The topological polar surface area (TPSA) is 63.0 Å². The summed E-state index contributed by atoms with van der Waals surface area (Å²) in [5, 5.41) is 14.5. The van der Waals surface area contributed by atoms with Crippen LogP contribution in [0.5, 0.6) is 0 Å². The van der Waals surface area contributed by atoms with Gasteiger partial charge in [0, 0.05) is 11.7 Å². The number of hydrogen-bond donors (Lipinski definition) is 2. The van der Waals surface area contributed by atoms with Crippen LogP contribution in [0.3, 0.4) is 0 Å². The van der Waals surface area contributed by atoms with Crippen LogP contribution in [0.25, 0.3) is 0 Å². The maximum absolute atomic E-state index is 5.54. The lowest BCUT2D eigenvalue weighted by molar-refractivity contribution is 0.478. The van der Waals surface area contributed by atoms with Crippen molar-refractivity contribution in [2.24, 2.45) is 0 Å². The standard InChI is InChI=1S/C14H18N4O/c1-9-3-4-12(7-10(9)2)16-14-18-17-13(19-14)8-15-11-5-6-11/h3-4,7,11,15H,5-6,8H2,1-2H3,(H,16,18). The Morgan fingerprint density at radius 3 is 2.79 bits per heavy atom. The van der Waals surface area contributed by atoms with Crippen molar-refractivity contribution in [2.45, 2.75) is 39.3 Å². The summed E-state index contributed by atoms with van der Waals surface area (Å²) >= 11 is 0. The third-order valence-electron chi connectivity index (χ3n) is 3.34. The molecule has 0 amide bonds. The van der Waals surface area contributed by atoms with E-state index in [2.05, 4.69) is 46.8 Å². The molecule has 0 aliphatic heterocycles. The smallest absolute Gasteiger partial charge is 0.320 e. The van der Waals surface area contributed by atoms with Gasteiger partial charge in [0.25, 0.3) is 0 Å². The summed E-state index contributed by atoms with van der Waals surface area (Å²) in [4.78, 5) is 0. The van der Waals surface area contributed by atoms with Gasteiger partial charge in [-0.25, -0.2) is 0 Å². The zero-order valence-electron chi connectivity index (χ0n) is 11.2. The summed E-state index contributed by atoms with van der Waals surface area (Å²) < 4.78 is 5.54. The zero-order chi connectivity index (χ0) is 13.2. The molecule has 1 heterocycles. The Morgan fingerprint density at radius 2 is 2.05 bits per heavy atom. The van der Waals surface area contributed by atoms with Crippen molar-refractivity contribution in [3.63, 3.8) is 0 Å². The summed E-state index contributed by atoms with van der Waals surface area (Å²) in [6, 6.07) is 7.24. The molecule has 1 aromatic carbocycles. The summed E-state index contributed by atoms with van der Waals surface area (Å²) in [5.74, 6) is 0.623. The Hall–Kier alpha value is -1.88. The molecule has 5 heteroatoms. The van der Waals surface area contributed by atoms with E-state index in [0.717, 1.165) is 5.69 Å². The Bertz CT molecular complexity index is 575. The molecule has 1 saturated carbocycles. The molecule has 19 heavy (non-hydrogen) atoms. The Labute approximate surface area is 112 Å². The second-order valence-corrected chi connectivity index (χ2v) is 5.08. The van der Waals surface area contributed by atoms with Crippen molar-refractivity contribution in [1.29, 1.82) is 0 Å². The van der Waals surface area contributed by atoms with E-state index in [1.54, 1.807) is 0 Å². The van der Waals surface area contributed by atoms with Gasteiger partial charge in [-0.1, -0.05) is 11.2 Å². The molecular weight excluding hydrogens is 240 g/mol. The normalized spacial score (nSPS) is 14.6. The van der Waals surface area contributed by atoms with Crippen molar-refractivity contribution < 1.29 is 4.42 Å². The van der Waals surface area contributed by atoms with Gasteiger partial charge in [-0.3, -0.25) is 0 Å². The Balaban J connectivity index is 1.63. The van der Waals surface area contributed by atoms with E-state index in [-0.39, 0.29) is 0 Å². The second-order valence-electron chi connectivity index (χ2n) is 5.08. The molecule has 5 nitrogen and oxygen atoms in total. The second kappa shape index (κ2) is 5.01. The highest BCUT2D eigenvalue weighted by Gasteiger charge is 2.21. The van der Waals surface area contributed by atoms with E-state index in [1.807, 2.05) is 6.07 Å². The Kier molecular flexibility index (Phi) is 3.21. The maximum atomic E-state index is 5.54. The van der Waals surface area contributed by atoms with E-state index in [9.17, 15) is 0 Å². The van der Waals surface area contributed by atoms with Gasteiger partial charge < -0.3 is 15.1 Å². The number of anilines is 2. The minimum atomic E-state index is 0.441. The first-order valence-corrected chi connectivity index (χ1v) is 6.61. The highest BCUT2D eigenvalue weighted by atomic mass is 16.4. The first-order valence-electron chi connectivity index (χ1n) is 6.61. The van der Waals surface area contributed by atoms with Crippen LogP contribution in [0.15, 0.2) is 22.6 Å². The number of rotatable bonds is 5. The third kappa shape index (κ3) is 3.12. The van der Waals surface area contributed by atoms with E-state index in [1.165, 1.54) is 24.0 Å². The van der Waals surface area contributed by atoms with Gasteiger partial charge in [0.15, 0.2) is 0 Å². The number of benzene rings is 1. The molecule has 0 bridgehead atoms. The van der Waals surface area contributed by atoms with E-state index < -0.39 is 0 Å². The van der Waals surface area contributed by atoms with Crippen LogP contribution < -0.4 is 10.6 Å². The molecule has 1 fully saturated rings. The van der Waals surface area contributed by atoms with Crippen molar-refractivity contribution in [1.82, 2.24) is 15.5 Å². The van der Waals surface area contributed by atoms with Crippen LogP contribution in [0.1, 0.15) is 29.9 Å². The maximum Gasteiger partial charge on any atom is 0.320 e.